The van der Waals surface area contributed by atoms with E-state index >= 15 is 0 Å². The lowest BCUT2D eigenvalue weighted by Gasteiger charge is -2.28. The van der Waals surface area contributed by atoms with Gasteiger partial charge in [0.1, 0.15) is 0 Å². The highest BCUT2D eigenvalue weighted by molar-refractivity contribution is 5.95. The summed E-state index contributed by atoms with van der Waals surface area (Å²) in [5, 5.41) is 15.4. The van der Waals surface area contributed by atoms with E-state index in [0.29, 0.717) is 23.4 Å². The van der Waals surface area contributed by atoms with Crippen molar-refractivity contribution in [3.8, 4) is 17.2 Å². The Hall–Kier alpha value is -2.90. The van der Waals surface area contributed by atoms with E-state index in [-0.39, 0.29) is 17.2 Å². The van der Waals surface area contributed by atoms with Crippen molar-refractivity contribution in [2.24, 2.45) is 0 Å². The van der Waals surface area contributed by atoms with E-state index in [1.54, 1.807) is 19.1 Å². The third-order valence-electron chi connectivity index (χ3n) is 4.31. The molecule has 0 saturated heterocycles. The van der Waals surface area contributed by atoms with Crippen molar-refractivity contribution in [1.82, 2.24) is 10.6 Å². The molecule has 1 aliphatic rings. The first kappa shape index (κ1) is 20.4. The molecule has 2 rings (SSSR count). The third kappa shape index (κ3) is 4.64. The lowest BCUT2D eigenvalue weighted by molar-refractivity contribution is -0.139. The average Bonchev–Trinajstić information content (AvgIpc) is 2.64. The number of allylic oxidation sites excluding steroid dienone is 1. The normalized spacial score (nSPS) is 16.4. The summed E-state index contributed by atoms with van der Waals surface area (Å²) in [5.41, 5.74) is 1.23. The molecule has 1 heterocycles. The molecule has 1 aromatic rings. The van der Waals surface area contributed by atoms with Gasteiger partial charge in [-0.3, -0.25) is 0 Å². The largest absolute Gasteiger partial charge is 0.502 e. The van der Waals surface area contributed by atoms with Crippen molar-refractivity contribution >= 4 is 12.0 Å². The smallest absolute Gasteiger partial charge is 0.338 e. The van der Waals surface area contributed by atoms with Crippen LogP contribution in [0, 0.1) is 0 Å². The first-order chi connectivity index (χ1) is 12.9. The maximum absolute atomic E-state index is 12.7. The minimum Gasteiger partial charge on any atom is -0.502 e. The van der Waals surface area contributed by atoms with Gasteiger partial charge in [0.05, 0.1) is 32.4 Å². The molecule has 1 atom stereocenters. The SMILES string of the molecule is CCCCCOC(=O)C1=C(C)NC(=O)N[C@@H]1c1cc(OC)c(O)c(OC)c1. The van der Waals surface area contributed by atoms with Crippen LogP contribution in [0.5, 0.6) is 17.2 Å². The van der Waals surface area contributed by atoms with Crippen molar-refractivity contribution in [1.29, 1.82) is 0 Å². The van der Waals surface area contributed by atoms with E-state index in [1.165, 1.54) is 14.2 Å². The molecule has 0 radical (unpaired) electrons. The number of carbonyl (C=O) groups is 2. The lowest BCUT2D eigenvalue weighted by Crippen LogP contribution is -2.45. The first-order valence-corrected chi connectivity index (χ1v) is 8.83. The lowest BCUT2D eigenvalue weighted by atomic mass is 9.95. The summed E-state index contributed by atoms with van der Waals surface area (Å²) in [6, 6.07) is 1.89. The van der Waals surface area contributed by atoms with Crippen molar-refractivity contribution in [2.75, 3.05) is 20.8 Å². The van der Waals surface area contributed by atoms with Gasteiger partial charge in [-0.15, -0.1) is 0 Å². The molecule has 1 aromatic carbocycles. The maximum atomic E-state index is 12.7. The molecule has 27 heavy (non-hydrogen) atoms. The van der Waals surface area contributed by atoms with Crippen LogP contribution in [0.1, 0.15) is 44.7 Å². The molecule has 0 spiro atoms. The Bertz CT molecular complexity index is 719. The number of phenolic OH excluding ortho intramolecular Hbond substituents is 1. The summed E-state index contributed by atoms with van der Waals surface area (Å²) in [7, 11) is 2.81. The van der Waals surface area contributed by atoms with Gasteiger partial charge in [0.2, 0.25) is 5.75 Å². The molecule has 0 aliphatic carbocycles. The van der Waals surface area contributed by atoms with Gasteiger partial charge in [0.15, 0.2) is 11.5 Å². The van der Waals surface area contributed by atoms with Gasteiger partial charge < -0.3 is 30.0 Å². The van der Waals surface area contributed by atoms with Crippen molar-refractivity contribution in [3.63, 3.8) is 0 Å². The second-order valence-corrected chi connectivity index (χ2v) is 6.19. The third-order valence-corrected chi connectivity index (χ3v) is 4.31. The summed E-state index contributed by atoms with van der Waals surface area (Å²) in [4.78, 5) is 24.6. The Morgan fingerprint density at radius 2 is 1.81 bits per heavy atom. The minimum atomic E-state index is -0.763. The Morgan fingerprint density at radius 3 is 2.37 bits per heavy atom. The molecule has 148 valence electrons. The van der Waals surface area contributed by atoms with Crippen molar-refractivity contribution in [3.05, 3.63) is 29.0 Å². The van der Waals surface area contributed by atoms with Crippen LogP contribution in [-0.4, -0.2) is 37.9 Å². The number of methoxy groups -OCH3 is 2. The van der Waals surface area contributed by atoms with Crippen molar-refractivity contribution < 1.29 is 28.9 Å². The second-order valence-electron chi connectivity index (χ2n) is 6.19. The Labute approximate surface area is 158 Å². The van der Waals surface area contributed by atoms with Gasteiger partial charge in [-0.2, -0.15) is 0 Å². The quantitative estimate of drug-likeness (QED) is 0.474. The van der Waals surface area contributed by atoms with Crippen LogP contribution in [0.2, 0.25) is 0 Å². The highest BCUT2D eigenvalue weighted by Gasteiger charge is 2.33. The highest BCUT2D eigenvalue weighted by Crippen LogP contribution is 2.40. The standard InChI is InChI=1S/C19H26N2O6/c1-5-6-7-8-27-18(23)15-11(2)20-19(24)21-16(15)12-9-13(25-3)17(22)14(10-12)26-4/h9-10,16,22H,5-8H2,1-4H3,(H2,20,21,24)/t16-/m1/s1. The molecule has 2 amide bonds. The zero-order valence-electron chi connectivity index (χ0n) is 16.0. The number of phenols is 1. The number of hydrogen-bond acceptors (Lipinski definition) is 6. The maximum Gasteiger partial charge on any atom is 0.338 e. The molecule has 0 aromatic heterocycles. The van der Waals surface area contributed by atoms with E-state index in [2.05, 4.69) is 17.6 Å². The molecule has 1 aliphatic heterocycles. The molecule has 8 heteroatoms. The number of unbranched alkanes of at least 4 members (excludes halogenated alkanes) is 2. The van der Waals surface area contributed by atoms with Crippen LogP contribution in [-0.2, 0) is 9.53 Å². The molecular formula is C19H26N2O6. The predicted molar refractivity (Wildman–Crippen MR) is 98.8 cm³/mol. The Morgan fingerprint density at radius 1 is 1.19 bits per heavy atom. The molecule has 3 N–H and O–H groups in total. The molecule has 0 bridgehead atoms. The number of hydrogen-bond donors (Lipinski definition) is 3. The summed E-state index contributed by atoms with van der Waals surface area (Å²) >= 11 is 0. The van der Waals surface area contributed by atoms with Gasteiger partial charge in [-0.05, 0) is 31.0 Å². The summed E-state index contributed by atoms with van der Waals surface area (Å²) in [6.07, 6.45) is 2.77. The molecule has 0 saturated carbocycles. The van der Waals surface area contributed by atoms with Crippen LogP contribution in [0.25, 0.3) is 0 Å². The minimum absolute atomic E-state index is 0.159. The summed E-state index contributed by atoms with van der Waals surface area (Å²) in [6.45, 7) is 4.02. The monoisotopic (exact) mass is 378 g/mol. The first-order valence-electron chi connectivity index (χ1n) is 8.83. The number of rotatable bonds is 8. The fourth-order valence-corrected chi connectivity index (χ4v) is 2.89. The van der Waals surface area contributed by atoms with Crippen LogP contribution >= 0.6 is 0 Å². The van der Waals surface area contributed by atoms with E-state index in [0.717, 1.165) is 19.3 Å². The number of esters is 1. The molecule has 0 fully saturated rings. The molecular weight excluding hydrogens is 352 g/mol. The highest BCUT2D eigenvalue weighted by atomic mass is 16.5. The van der Waals surface area contributed by atoms with Gasteiger partial charge in [-0.25, -0.2) is 9.59 Å². The zero-order chi connectivity index (χ0) is 20.0. The second kappa shape index (κ2) is 9.16. The summed E-state index contributed by atoms with van der Waals surface area (Å²) < 4.78 is 15.7. The number of ether oxygens (including phenoxy) is 3. The van der Waals surface area contributed by atoms with Gasteiger partial charge in [-0.1, -0.05) is 19.8 Å². The predicted octanol–water partition coefficient (Wildman–Crippen LogP) is 2.77. The summed E-state index contributed by atoms with van der Waals surface area (Å²) in [5.74, 6) is -0.323. The number of urea groups is 1. The van der Waals surface area contributed by atoms with E-state index in [4.69, 9.17) is 14.2 Å². The zero-order valence-corrected chi connectivity index (χ0v) is 16.0. The van der Waals surface area contributed by atoms with Gasteiger partial charge in [0, 0.05) is 5.70 Å². The number of aromatic hydroxyl groups is 1. The van der Waals surface area contributed by atoms with E-state index in [1.807, 2.05) is 0 Å². The average molecular weight is 378 g/mol. The number of carbonyl (C=O) groups excluding carboxylic acids is 2. The van der Waals surface area contributed by atoms with Gasteiger partial charge >= 0.3 is 12.0 Å². The Kier molecular flexibility index (Phi) is 6.92. The fourth-order valence-electron chi connectivity index (χ4n) is 2.89. The van der Waals surface area contributed by atoms with Crippen molar-refractivity contribution in [2.45, 2.75) is 39.2 Å². The van der Waals surface area contributed by atoms with Crippen LogP contribution in [0.3, 0.4) is 0 Å². The van der Waals surface area contributed by atoms with E-state index < -0.39 is 18.0 Å². The number of benzene rings is 1. The Balaban J connectivity index is 2.39. The van der Waals surface area contributed by atoms with Crippen LogP contribution in [0.15, 0.2) is 23.4 Å². The van der Waals surface area contributed by atoms with Gasteiger partial charge in [0.25, 0.3) is 0 Å². The topological polar surface area (TPSA) is 106 Å². The van der Waals surface area contributed by atoms with Crippen LogP contribution < -0.4 is 20.1 Å². The van der Waals surface area contributed by atoms with E-state index in [9.17, 15) is 14.7 Å². The molecule has 8 nitrogen and oxygen atoms in total. The number of amides is 2. The van der Waals surface area contributed by atoms with Crippen LogP contribution in [0.4, 0.5) is 4.79 Å². The number of nitrogens with one attached hydrogen (secondary N) is 2. The fraction of sp³-hybridized carbons (Fsp3) is 0.474. The molecule has 0 unspecified atom stereocenters.